The Labute approximate surface area is 132 Å². The lowest BCUT2D eigenvalue weighted by atomic mass is 10.1. The van der Waals surface area contributed by atoms with Crippen molar-refractivity contribution in [1.82, 2.24) is 0 Å². The molecule has 2 aromatic carbocycles. The Morgan fingerprint density at radius 2 is 2.10 bits per heavy atom. The van der Waals surface area contributed by atoms with Gasteiger partial charge in [0.05, 0.1) is 18.8 Å². The number of hydrogen-bond donors (Lipinski definition) is 1. The van der Waals surface area contributed by atoms with Crippen LogP contribution < -0.4 is 10.1 Å². The van der Waals surface area contributed by atoms with Crippen LogP contribution in [0.1, 0.15) is 23.6 Å². The minimum atomic E-state index is 0.325. The fraction of sp³-hybridized carbons (Fsp3) is 0.250. The van der Waals surface area contributed by atoms with Gasteiger partial charge in [-0.25, -0.2) is 0 Å². The predicted octanol–water partition coefficient (Wildman–Crippen LogP) is 5.21. The molecule has 0 saturated heterocycles. The van der Waals surface area contributed by atoms with Crippen molar-refractivity contribution < 1.29 is 4.74 Å². The van der Waals surface area contributed by atoms with Crippen molar-refractivity contribution in [2.24, 2.45) is 0 Å². The van der Waals surface area contributed by atoms with E-state index in [1.807, 2.05) is 24.3 Å². The quantitative estimate of drug-likeness (QED) is 0.818. The Bertz CT molecular complexity index is 644. The van der Waals surface area contributed by atoms with E-state index >= 15 is 0 Å². The number of hydrogen-bond acceptors (Lipinski definition) is 2. The first-order chi connectivity index (χ1) is 9.67. The molecule has 104 valence electrons. The van der Waals surface area contributed by atoms with Gasteiger partial charge >= 0.3 is 0 Å². The molecule has 1 aliphatic carbocycles. The number of halogens is 2. The summed E-state index contributed by atoms with van der Waals surface area (Å²) in [7, 11) is 1.68. The van der Waals surface area contributed by atoms with Gasteiger partial charge in [-0.05, 0) is 64.2 Å². The fourth-order valence-electron chi connectivity index (χ4n) is 2.67. The molecule has 2 aromatic rings. The zero-order valence-corrected chi connectivity index (χ0v) is 13.5. The molecule has 0 spiro atoms. The van der Waals surface area contributed by atoms with Crippen LogP contribution in [0.15, 0.2) is 40.9 Å². The number of methoxy groups -OCH3 is 1. The Kier molecular flexibility index (Phi) is 3.90. The fourth-order valence-corrected chi connectivity index (χ4v) is 3.22. The second kappa shape index (κ2) is 5.66. The summed E-state index contributed by atoms with van der Waals surface area (Å²) >= 11 is 9.63. The number of benzene rings is 2. The molecule has 2 nitrogen and oxygen atoms in total. The topological polar surface area (TPSA) is 21.3 Å². The van der Waals surface area contributed by atoms with Crippen molar-refractivity contribution in [3.63, 3.8) is 0 Å². The van der Waals surface area contributed by atoms with Gasteiger partial charge in [-0.1, -0.05) is 17.7 Å². The number of anilines is 1. The predicted molar refractivity (Wildman–Crippen MR) is 86.8 cm³/mol. The molecular formula is C16H15BrClNO. The van der Waals surface area contributed by atoms with Gasteiger partial charge in [0.1, 0.15) is 5.75 Å². The summed E-state index contributed by atoms with van der Waals surface area (Å²) < 4.78 is 6.32. The first kappa shape index (κ1) is 13.8. The van der Waals surface area contributed by atoms with Crippen LogP contribution in [0.25, 0.3) is 0 Å². The van der Waals surface area contributed by atoms with Crippen molar-refractivity contribution in [3.8, 4) is 5.75 Å². The van der Waals surface area contributed by atoms with Gasteiger partial charge in [0.2, 0.25) is 0 Å². The first-order valence-corrected chi connectivity index (χ1v) is 7.73. The van der Waals surface area contributed by atoms with E-state index in [1.165, 1.54) is 11.1 Å². The van der Waals surface area contributed by atoms with Crippen LogP contribution in [-0.2, 0) is 6.42 Å². The van der Waals surface area contributed by atoms with Crippen LogP contribution in [0, 0.1) is 0 Å². The number of nitrogens with one attached hydrogen (secondary N) is 1. The number of rotatable bonds is 3. The monoisotopic (exact) mass is 351 g/mol. The van der Waals surface area contributed by atoms with Gasteiger partial charge in [0.25, 0.3) is 0 Å². The molecule has 0 fully saturated rings. The third kappa shape index (κ3) is 2.65. The summed E-state index contributed by atoms with van der Waals surface area (Å²) in [5.74, 6) is 0.852. The van der Waals surface area contributed by atoms with Crippen molar-refractivity contribution >= 4 is 33.2 Å². The summed E-state index contributed by atoms with van der Waals surface area (Å²) in [5, 5.41) is 4.40. The minimum absolute atomic E-state index is 0.325. The lowest BCUT2D eigenvalue weighted by molar-refractivity contribution is 0.415. The number of fused-ring (bicyclic) bond motifs is 1. The van der Waals surface area contributed by atoms with Crippen LogP contribution in [0.3, 0.4) is 0 Å². The SMILES string of the molecule is COc1ccc(Br)c(NC2CCc3cc(Cl)ccc32)c1. The molecule has 1 N–H and O–H groups in total. The van der Waals surface area contributed by atoms with E-state index < -0.39 is 0 Å². The Morgan fingerprint density at radius 3 is 2.90 bits per heavy atom. The van der Waals surface area contributed by atoms with E-state index in [2.05, 4.69) is 33.4 Å². The Balaban J connectivity index is 1.87. The van der Waals surface area contributed by atoms with Gasteiger partial charge in [-0.15, -0.1) is 0 Å². The minimum Gasteiger partial charge on any atom is -0.497 e. The van der Waals surface area contributed by atoms with Crippen molar-refractivity contribution in [2.75, 3.05) is 12.4 Å². The van der Waals surface area contributed by atoms with Crippen LogP contribution in [0.5, 0.6) is 5.75 Å². The standard InChI is InChI=1S/C16H15BrClNO/c1-20-12-4-6-14(17)16(9-12)19-15-7-2-10-8-11(18)3-5-13(10)15/h3-6,8-9,15,19H,2,7H2,1H3. The van der Waals surface area contributed by atoms with Crippen LogP contribution >= 0.6 is 27.5 Å². The average molecular weight is 353 g/mol. The van der Waals surface area contributed by atoms with E-state index in [0.29, 0.717) is 6.04 Å². The highest BCUT2D eigenvalue weighted by atomic mass is 79.9. The zero-order chi connectivity index (χ0) is 14.1. The highest BCUT2D eigenvalue weighted by Gasteiger charge is 2.23. The van der Waals surface area contributed by atoms with Crippen LogP contribution in [0.4, 0.5) is 5.69 Å². The van der Waals surface area contributed by atoms with Crippen LogP contribution in [0.2, 0.25) is 5.02 Å². The van der Waals surface area contributed by atoms with Gasteiger partial charge in [0, 0.05) is 15.6 Å². The van der Waals surface area contributed by atoms with E-state index in [-0.39, 0.29) is 0 Å². The summed E-state index contributed by atoms with van der Waals surface area (Å²) in [6.45, 7) is 0. The third-order valence-electron chi connectivity index (χ3n) is 3.69. The summed E-state index contributed by atoms with van der Waals surface area (Å²) in [5.41, 5.74) is 3.73. The molecule has 3 rings (SSSR count). The molecule has 1 aliphatic rings. The molecule has 0 aliphatic heterocycles. The molecule has 1 atom stereocenters. The Hall–Kier alpha value is -1.19. The van der Waals surface area contributed by atoms with Crippen molar-refractivity contribution in [1.29, 1.82) is 0 Å². The maximum Gasteiger partial charge on any atom is 0.121 e. The smallest absolute Gasteiger partial charge is 0.121 e. The molecule has 1 unspecified atom stereocenters. The molecule has 0 heterocycles. The molecule has 4 heteroatoms. The largest absolute Gasteiger partial charge is 0.497 e. The molecule has 20 heavy (non-hydrogen) atoms. The average Bonchev–Trinajstić information content (AvgIpc) is 2.83. The molecule has 0 saturated carbocycles. The number of ether oxygens (including phenoxy) is 1. The van der Waals surface area contributed by atoms with Gasteiger partial charge in [-0.2, -0.15) is 0 Å². The lowest BCUT2D eigenvalue weighted by Crippen LogP contribution is -2.07. The highest BCUT2D eigenvalue weighted by molar-refractivity contribution is 9.10. The van der Waals surface area contributed by atoms with E-state index in [1.54, 1.807) is 7.11 Å². The third-order valence-corrected chi connectivity index (χ3v) is 4.61. The maximum atomic E-state index is 6.05. The first-order valence-electron chi connectivity index (χ1n) is 6.56. The zero-order valence-electron chi connectivity index (χ0n) is 11.1. The summed E-state index contributed by atoms with van der Waals surface area (Å²) in [4.78, 5) is 0. The second-order valence-corrected chi connectivity index (χ2v) is 6.22. The highest BCUT2D eigenvalue weighted by Crippen LogP contribution is 2.37. The van der Waals surface area contributed by atoms with Crippen molar-refractivity contribution in [2.45, 2.75) is 18.9 Å². The molecule has 0 aromatic heterocycles. The molecule has 0 radical (unpaired) electrons. The summed E-state index contributed by atoms with van der Waals surface area (Å²) in [6, 6.07) is 12.4. The van der Waals surface area contributed by atoms with Gasteiger partial charge in [0.15, 0.2) is 0 Å². The molecular weight excluding hydrogens is 338 g/mol. The van der Waals surface area contributed by atoms with E-state index in [4.69, 9.17) is 16.3 Å². The molecule has 0 amide bonds. The van der Waals surface area contributed by atoms with Crippen molar-refractivity contribution in [3.05, 3.63) is 57.0 Å². The molecule has 0 bridgehead atoms. The second-order valence-electron chi connectivity index (χ2n) is 4.92. The van der Waals surface area contributed by atoms with Gasteiger partial charge < -0.3 is 10.1 Å². The lowest BCUT2D eigenvalue weighted by Gasteiger charge is -2.17. The Morgan fingerprint density at radius 1 is 1.25 bits per heavy atom. The normalized spacial score (nSPS) is 16.9. The number of aryl methyl sites for hydroxylation is 1. The van der Waals surface area contributed by atoms with Gasteiger partial charge in [-0.3, -0.25) is 0 Å². The van der Waals surface area contributed by atoms with Crippen LogP contribution in [-0.4, -0.2) is 7.11 Å². The van der Waals surface area contributed by atoms with E-state index in [0.717, 1.165) is 33.8 Å². The summed E-state index contributed by atoms with van der Waals surface area (Å²) in [6.07, 6.45) is 2.15. The van der Waals surface area contributed by atoms with E-state index in [9.17, 15) is 0 Å². The maximum absolute atomic E-state index is 6.05.